The minimum Gasteiger partial charge on any atom is -0.339 e. The Balaban J connectivity index is 1.56. The van der Waals surface area contributed by atoms with E-state index in [-0.39, 0.29) is 12.3 Å². The fourth-order valence-corrected chi connectivity index (χ4v) is 2.38. The van der Waals surface area contributed by atoms with Crippen molar-refractivity contribution in [3.05, 3.63) is 59.2 Å². The van der Waals surface area contributed by atoms with Gasteiger partial charge in [-0.2, -0.15) is 4.98 Å². The molecule has 2 heterocycles. The summed E-state index contributed by atoms with van der Waals surface area (Å²) >= 11 is 3.36. The van der Waals surface area contributed by atoms with Crippen molar-refractivity contribution in [2.75, 3.05) is 5.32 Å². The first-order valence-electron chi connectivity index (χ1n) is 6.99. The summed E-state index contributed by atoms with van der Waals surface area (Å²) in [6.45, 7) is 0. The molecule has 0 unspecified atom stereocenters. The molecule has 6 nitrogen and oxygen atoms in total. The Labute approximate surface area is 141 Å². The van der Waals surface area contributed by atoms with E-state index in [0.29, 0.717) is 18.1 Å². The van der Waals surface area contributed by atoms with Crippen LogP contribution in [0.2, 0.25) is 0 Å². The van der Waals surface area contributed by atoms with Gasteiger partial charge in [-0.3, -0.25) is 9.78 Å². The zero-order chi connectivity index (χ0) is 16.1. The summed E-state index contributed by atoms with van der Waals surface area (Å²) in [6.07, 6.45) is 3.98. The average Bonchev–Trinajstić information content (AvgIpc) is 3.03. The quantitative estimate of drug-likeness (QED) is 0.741. The highest BCUT2D eigenvalue weighted by molar-refractivity contribution is 9.10. The molecule has 0 aliphatic carbocycles. The van der Waals surface area contributed by atoms with Crippen molar-refractivity contribution in [1.29, 1.82) is 0 Å². The number of nitrogens with zero attached hydrogens (tertiary/aromatic N) is 3. The SMILES string of the molecule is O=C(CCc1nc(-c2ccncc2)no1)Nc1cccc(Br)c1. The van der Waals surface area contributed by atoms with Gasteiger partial charge in [-0.05, 0) is 30.3 Å². The molecule has 1 aromatic carbocycles. The van der Waals surface area contributed by atoms with Gasteiger partial charge < -0.3 is 9.84 Å². The zero-order valence-corrected chi connectivity index (χ0v) is 13.7. The van der Waals surface area contributed by atoms with Crippen molar-refractivity contribution in [1.82, 2.24) is 15.1 Å². The largest absolute Gasteiger partial charge is 0.339 e. The van der Waals surface area contributed by atoms with Crippen molar-refractivity contribution in [2.24, 2.45) is 0 Å². The van der Waals surface area contributed by atoms with E-state index in [1.54, 1.807) is 24.5 Å². The van der Waals surface area contributed by atoms with Gasteiger partial charge >= 0.3 is 0 Å². The molecule has 7 heteroatoms. The molecule has 0 fully saturated rings. The van der Waals surface area contributed by atoms with Crippen LogP contribution < -0.4 is 5.32 Å². The molecule has 0 aliphatic rings. The lowest BCUT2D eigenvalue weighted by Crippen LogP contribution is -2.12. The van der Waals surface area contributed by atoms with Gasteiger partial charge in [0.05, 0.1) is 0 Å². The fraction of sp³-hybridized carbons (Fsp3) is 0.125. The summed E-state index contributed by atoms with van der Waals surface area (Å²) < 4.78 is 6.08. The summed E-state index contributed by atoms with van der Waals surface area (Å²) in [5, 5.41) is 6.73. The number of amides is 1. The monoisotopic (exact) mass is 372 g/mol. The Morgan fingerprint density at radius 2 is 2.04 bits per heavy atom. The van der Waals surface area contributed by atoms with Crippen LogP contribution in [0.1, 0.15) is 12.3 Å². The molecule has 0 bridgehead atoms. The molecular weight excluding hydrogens is 360 g/mol. The average molecular weight is 373 g/mol. The van der Waals surface area contributed by atoms with E-state index in [4.69, 9.17) is 4.52 Å². The van der Waals surface area contributed by atoms with Crippen molar-refractivity contribution in [3.8, 4) is 11.4 Å². The predicted octanol–water partition coefficient (Wildman–Crippen LogP) is 3.47. The molecular formula is C16H13BrN4O2. The maximum Gasteiger partial charge on any atom is 0.227 e. The van der Waals surface area contributed by atoms with E-state index >= 15 is 0 Å². The molecule has 1 N–H and O–H groups in total. The van der Waals surface area contributed by atoms with Crippen LogP contribution in [0.3, 0.4) is 0 Å². The van der Waals surface area contributed by atoms with Crippen LogP contribution in [0.4, 0.5) is 5.69 Å². The third kappa shape index (κ3) is 4.23. The Bertz CT molecular complexity index is 805. The molecule has 116 valence electrons. The van der Waals surface area contributed by atoms with E-state index in [9.17, 15) is 4.79 Å². The summed E-state index contributed by atoms with van der Waals surface area (Å²) in [5.74, 6) is 0.822. The number of pyridine rings is 1. The van der Waals surface area contributed by atoms with Crippen molar-refractivity contribution in [3.63, 3.8) is 0 Å². The number of aromatic nitrogens is 3. The Hall–Kier alpha value is -2.54. The normalized spacial score (nSPS) is 10.5. The highest BCUT2D eigenvalue weighted by Crippen LogP contribution is 2.17. The number of hydrogen-bond donors (Lipinski definition) is 1. The number of carbonyl (C=O) groups is 1. The van der Waals surface area contributed by atoms with Gasteiger partial charge in [-0.25, -0.2) is 0 Å². The second-order valence-corrected chi connectivity index (χ2v) is 5.72. The Morgan fingerprint density at radius 3 is 2.83 bits per heavy atom. The number of halogens is 1. The van der Waals surface area contributed by atoms with Crippen LogP contribution in [-0.2, 0) is 11.2 Å². The molecule has 0 radical (unpaired) electrons. The van der Waals surface area contributed by atoms with Crippen LogP contribution in [0.5, 0.6) is 0 Å². The van der Waals surface area contributed by atoms with Crippen LogP contribution in [0.15, 0.2) is 57.8 Å². The van der Waals surface area contributed by atoms with E-state index in [0.717, 1.165) is 15.7 Å². The fourth-order valence-electron chi connectivity index (χ4n) is 1.98. The van der Waals surface area contributed by atoms with Gasteiger partial charge in [-0.15, -0.1) is 0 Å². The van der Waals surface area contributed by atoms with Crippen molar-refractivity contribution < 1.29 is 9.32 Å². The van der Waals surface area contributed by atoms with Gasteiger partial charge in [-0.1, -0.05) is 27.2 Å². The molecule has 0 atom stereocenters. The van der Waals surface area contributed by atoms with Crippen LogP contribution in [0, 0.1) is 0 Å². The molecule has 0 saturated heterocycles. The number of benzene rings is 1. The Morgan fingerprint density at radius 1 is 1.22 bits per heavy atom. The first-order valence-corrected chi connectivity index (χ1v) is 7.78. The van der Waals surface area contributed by atoms with Crippen molar-refractivity contribution >= 4 is 27.5 Å². The first kappa shape index (κ1) is 15.4. The van der Waals surface area contributed by atoms with Crippen LogP contribution in [-0.4, -0.2) is 21.0 Å². The molecule has 1 amide bonds. The zero-order valence-electron chi connectivity index (χ0n) is 12.1. The molecule has 2 aromatic heterocycles. The summed E-state index contributed by atoms with van der Waals surface area (Å²) in [5.41, 5.74) is 1.57. The number of nitrogens with one attached hydrogen (secondary N) is 1. The lowest BCUT2D eigenvalue weighted by molar-refractivity contribution is -0.116. The standard InChI is InChI=1S/C16H13BrN4O2/c17-12-2-1-3-13(10-12)19-14(22)4-5-15-20-16(21-23-15)11-6-8-18-9-7-11/h1-3,6-10H,4-5H2,(H,19,22). The highest BCUT2D eigenvalue weighted by Gasteiger charge is 2.10. The number of anilines is 1. The lowest BCUT2D eigenvalue weighted by atomic mass is 10.2. The van der Waals surface area contributed by atoms with Gasteiger partial charge in [0.1, 0.15) is 0 Å². The molecule has 0 saturated carbocycles. The van der Waals surface area contributed by atoms with E-state index in [2.05, 4.69) is 36.4 Å². The predicted molar refractivity (Wildman–Crippen MR) is 88.6 cm³/mol. The van der Waals surface area contributed by atoms with Crippen molar-refractivity contribution in [2.45, 2.75) is 12.8 Å². The minimum atomic E-state index is -0.105. The van der Waals surface area contributed by atoms with Gasteiger partial charge in [0.15, 0.2) is 0 Å². The second kappa shape index (κ2) is 7.15. The number of carbonyl (C=O) groups excluding carboxylic acids is 1. The molecule has 0 spiro atoms. The summed E-state index contributed by atoms with van der Waals surface area (Å²) in [7, 11) is 0. The van der Waals surface area contributed by atoms with E-state index in [1.165, 1.54) is 0 Å². The third-order valence-electron chi connectivity index (χ3n) is 3.08. The molecule has 23 heavy (non-hydrogen) atoms. The van der Waals surface area contributed by atoms with Crippen LogP contribution >= 0.6 is 15.9 Å². The minimum absolute atomic E-state index is 0.105. The highest BCUT2D eigenvalue weighted by atomic mass is 79.9. The topological polar surface area (TPSA) is 80.9 Å². The van der Waals surface area contributed by atoms with E-state index in [1.807, 2.05) is 24.3 Å². The molecule has 3 rings (SSSR count). The van der Waals surface area contributed by atoms with Gasteiger partial charge in [0.25, 0.3) is 0 Å². The summed E-state index contributed by atoms with van der Waals surface area (Å²) in [4.78, 5) is 20.2. The number of rotatable bonds is 5. The molecule has 3 aromatic rings. The lowest BCUT2D eigenvalue weighted by Gasteiger charge is -2.04. The molecule has 0 aliphatic heterocycles. The first-order chi connectivity index (χ1) is 11.2. The Kier molecular flexibility index (Phi) is 4.77. The summed E-state index contributed by atoms with van der Waals surface area (Å²) in [6, 6.07) is 11.0. The second-order valence-electron chi connectivity index (χ2n) is 4.81. The maximum absolute atomic E-state index is 11.9. The number of aryl methyl sites for hydroxylation is 1. The van der Waals surface area contributed by atoms with Gasteiger partial charge in [0, 0.05) is 41.0 Å². The third-order valence-corrected chi connectivity index (χ3v) is 3.57. The number of hydrogen-bond acceptors (Lipinski definition) is 5. The van der Waals surface area contributed by atoms with Crippen LogP contribution in [0.25, 0.3) is 11.4 Å². The maximum atomic E-state index is 11.9. The van der Waals surface area contributed by atoms with E-state index < -0.39 is 0 Å². The van der Waals surface area contributed by atoms with Gasteiger partial charge in [0.2, 0.25) is 17.6 Å². The smallest absolute Gasteiger partial charge is 0.227 e.